The molecule has 7 heteroatoms. The number of hydrogen-bond donors (Lipinski definition) is 1. The molecule has 0 spiro atoms. The minimum absolute atomic E-state index is 0.280. The maximum Gasteiger partial charge on any atom is 0.231 e. The van der Waals surface area contributed by atoms with Crippen molar-refractivity contribution in [2.75, 3.05) is 46.2 Å². The van der Waals surface area contributed by atoms with Crippen LogP contribution in [0.4, 0.5) is 0 Å². The largest absolute Gasteiger partial charge is 0.492 e. The average Bonchev–Trinajstić information content (AvgIpc) is 3.52. The molecule has 0 radical (unpaired) electrons. The lowest BCUT2D eigenvalue weighted by Crippen LogP contribution is -2.38. The molecule has 1 saturated heterocycles. The van der Waals surface area contributed by atoms with Crippen LogP contribution in [0.2, 0.25) is 0 Å². The predicted molar refractivity (Wildman–Crippen MR) is 128 cm³/mol. The Morgan fingerprint density at radius 2 is 1.67 bits per heavy atom. The zero-order chi connectivity index (χ0) is 22.3. The fraction of sp³-hybridized carbons (Fsp3) is 0.269. The Bertz CT molecular complexity index is 1110. The number of rotatable bonds is 8. The topological polar surface area (TPSA) is 68.8 Å². The normalized spacial score (nSPS) is 16.1. The van der Waals surface area contributed by atoms with Crippen molar-refractivity contribution in [2.24, 2.45) is 0 Å². The van der Waals surface area contributed by atoms with Crippen molar-refractivity contribution >= 4 is 24.3 Å². The van der Waals surface area contributed by atoms with Gasteiger partial charge in [0.25, 0.3) is 0 Å². The van der Waals surface area contributed by atoms with E-state index in [1.54, 1.807) is 0 Å². The fourth-order valence-corrected chi connectivity index (χ4v) is 3.70. The summed E-state index contributed by atoms with van der Waals surface area (Å²) in [4.78, 5) is 2.36. The summed E-state index contributed by atoms with van der Waals surface area (Å²) in [6, 6.07) is 16.0. The van der Waals surface area contributed by atoms with Crippen molar-refractivity contribution in [3.63, 3.8) is 0 Å². The Hall–Kier alpha value is -3.55. The van der Waals surface area contributed by atoms with E-state index in [1.807, 2.05) is 54.6 Å². The highest BCUT2D eigenvalue weighted by Crippen LogP contribution is 2.32. The van der Waals surface area contributed by atoms with Gasteiger partial charge >= 0.3 is 0 Å². The smallest absolute Gasteiger partial charge is 0.231 e. The number of ether oxygens (including phenoxy) is 4. The van der Waals surface area contributed by atoms with Crippen molar-refractivity contribution in [1.29, 1.82) is 0 Å². The lowest BCUT2D eigenvalue weighted by molar-refractivity contribution is 0.0322. The summed E-state index contributed by atoms with van der Waals surface area (Å²) in [7, 11) is 0. The summed E-state index contributed by atoms with van der Waals surface area (Å²) in [6.45, 7) is 5.49. The number of morpholine rings is 1. The molecule has 0 atom stereocenters. The van der Waals surface area contributed by atoms with E-state index in [9.17, 15) is 0 Å². The zero-order valence-corrected chi connectivity index (χ0v) is 18.4. The van der Waals surface area contributed by atoms with Crippen LogP contribution in [0.5, 0.6) is 17.2 Å². The maximum atomic E-state index is 5.87. The molecule has 3 heterocycles. The summed E-state index contributed by atoms with van der Waals surface area (Å²) in [6.07, 6.45) is 8.04. The molecule has 0 unspecified atom stereocenters. The Kier molecular flexibility index (Phi) is 6.70. The minimum Gasteiger partial charge on any atom is -0.492 e. The lowest BCUT2D eigenvalue weighted by Gasteiger charge is -2.26. The lowest BCUT2D eigenvalue weighted by atomic mass is 10.1. The summed E-state index contributed by atoms with van der Waals surface area (Å²) in [5, 5.41) is 7.40. The molecule has 5 rings (SSSR count). The number of aromatic nitrogens is 2. The molecule has 1 N–H and O–H groups in total. The highest BCUT2D eigenvalue weighted by Gasteiger charge is 2.12. The second-order valence-electron chi connectivity index (χ2n) is 7.90. The molecule has 0 bridgehead atoms. The Morgan fingerprint density at radius 3 is 2.55 bits per heavy atom. The van der Waals surface area contributed by atoms with Crippen molar-refractivity contribution < 1.29 is 18.9 Å². The van der Waals surface area contributed by atoms with Gasteiger partial charge in [0.1, 0.15) is 12.4 Å². The SMILES string of the molecule is C(=Cc1cc(/C=C/c2ccc3c(c2)OCO3)n[nH]1)c1ccc(OCCN2CCOCC2)cc1. The van der Waals surface area contributed by atoms with Crippen LogP contribution < -0.4 is 14.2 Å². The van der Waals surface area contributed by atoms with Crippen LogP contribution in [0.25, 0.3) is 24.3 Å². The third-order valence-corrected chi connectivity index (χ3v) is 5.58. The van der Waals surface area contributed by atoms with E-state index in [-0.39, 0.29) is 6.79 Å². The van der Waals surface area contributed by atoms with Crippen molar-refractivity contribution in [1.82, 2.24) is 15.1 Å². The third-order valence-electron chi connectivity index (χ3n) is 5.58. The second kappa shape index (κ2) is 10.4. The van der Waals surface area contributed by atoms with E-state index in [0.717, 1.165) is 72.6 Å². The molecule has 2 aliphatic heterocycles. The van der Waals surface area contributed by atoms with E-state index < -0.39 is 0 Å². The van der Waals surface area contributed by atoms with Crippen LogP contribution in [-0.4, -0.2) is 61.3 Å². The van der Waals surface area contributed by atoms with Crippen LogP contribution in [0.15, 0.2) is 48.5 Å². The van der Waals surface area contributed by atoms with E-state index in [0.29, 0.717) is 6.61 Å². The van der Waals surface area contributed by atoms with Crippen molar-refractivity contribution in [3.8, 4) is 17.2 Å². The summed E-state index contributed by atoms with van der Waals surface area (Å²) in [5.74, 6) is 2.45. The highest BCUT2D eigenvalue weighted by atomic mass is 16.7. The van der Waals surface area contributed by atoms with Gasteiger partial charge in [-0.05, 0) is 53.6 Å². The Morgan fingerprint density at radius 1 is 0.879 bits per heavy atom. The number of aromatic amines is 1. The molecule has 7 nitrogen and oxygen atoms in total. The van der Waals surface area contributed by atoms with Crippen molar-refractivity contribution in [2.45, 2.75) is 0 Å². The first kappa shape index (κ1) is 21.3. The van der Waals surface area contributed by atoms with Gasteiger partial charge in [0.15, 0.2) is 11.5 Å². The molecule has 0 amide bonds. The third kappa shape index (κ3) is 5.83. The molecule has 1 fully saturated rings. The Balaban J connectivity index is 1.11. The highest BCUT2D eigenvalue weighted by molar-refractivity contribution is 5.72. The molecule has 0 saturated carbocycles. The minimum atomic E-state index is 0.280. The molecular formula is C26H27N3O4. The number of fused-ring (bicyclic) bond motifs is 1. The van der Waals surface area contributed by atoms with Gasteiger partial charge in [-0.25, -0.2) is 0 Å². The molecule has 3 aromatic rings. The van der Waals surface area contributed by atoms with Gasteiger partial charge in [-0.2, -0.15) is 5.10 Å². The monoisotopic (exact) mass is 445 g/mol. The number of hydrogen-bond acceptors (Lipinski definition) is 6. The molecule has 1 aromatic heterocycles. The second-order valence-corrected chi connectivity index (χ2v) is 7.90. The molecule has 0 aliphatic carbocycles. The molecule has 2 aliphatic rings. The van der Waals surface area contributed by atoms with Gasteiger partial charge in [0.2, 0.25) is 6.79 Å². The van der Waals surface area contributed by atoms with Crippen LogP contribution in [0.3, 0.4) is 0 Å². The zero-order valence-electron chi connectivity index (χ0n) is 18.4. The van der Waals surface area contributed by atoms with E-state index >= 15 is 0 Å². The van der Waals surface area contributed by atoms with E-state index in [2.05, 4.69) is 33.3 Å². The van der Waals surface area contributed by atoms with Gasteiger partial charge in [0.05, 0.1) is 24.6 Å². The first-order valence-electron chi connectivity index (χ1n) is 11.2. The van der Waals surface area contributed by atoms with Gasteiger partial charge in [-0.15, -0.1) is 0 Å². The van der Waals surface area contributed by atoms with Crippen LogP contribution in [-0.2, 0) is 4.74 Å². The standard InChI is InChI=1S/C26H27N3O4/c1(20-3-8-24(9-4-20)31-16-13-29-11-14-30-15-12-29)6-22-18-23(28-27-22)7-2-21-5-10-25-26(17-21)33-19-32-25/h1-10,17-18H,11-16,19H2,(H,27,28)/b6-1?,7-2+. The number of benzene rings is 2. The number of nitrogens with one attached hydrogen (secondary N) is 1. The number of nitrogens with zero attached hydrogens (tertiary/aromatic N) is 2. The number of H-pyrrole nitrogens is 1. The van der Waals surface area contributed by atoms with E-state index in [4.69, 9.17) is 18.9 Å². The maximum absolute atomic E-state index is 5.87. The van der Waals surface area contributed by atoms with Crippen molar-refractivity contribution in [3.05, 3.63) is 71.0 Å². The van der Waals surface area contributed by atoms with Gasteiger partial charge in [0, 0.05) is 19.6 Å². The van der Waals surface area contributed by atoms with Gasteiger partial charge < -0.3 is 18.9 Å². The fourth-order valence-electron chi connectivity index (χ4n) is 3.70. The quantitative estimate of drug-likeness (QED) is 0.561. The predicted octanol–water partition coefficient (Wildman–Crippen LogP) is 4.19. The molecule has 170 valence electrons. The van der Waals surface area contributed by atoms with E-state index in [1.165, 1.54) is 0 Å². The summed E-state index contributed by atoms with van der Waals surface area (Å²) >= 11 is 0. The molecule has 2 aromatic carbocycles. The van der Waals surface area contributed by atoms with Crippen LogP contribution in [0.1, 0.15) is 22.5 Å². The summed E-state index contributed by atoms with van der Waals surface area (Å²) < 4.78 is 22.0. The van der Waals surface area contributed by atoms with Gasteiger partial charge in [-0.1, -0.05) is 30.4 Å². The first-order chi connectivity index (χ1) is 16.3. The van der Waals surface area contributed by atoms with Crippen LogP contribution in [0, 0.1) is 0 Å². The first-order valence-corrected chi connectivity index (χ1v) is 11.2. The summed E-state index contributed by atoms with van der Waals surface area (Å²) in [5.41, 5.74) is 3.93. The van der Waals surface area contributed by atoms with Crippen LogP contribution >= 0.6 is 0 Å². The molecular weight excluding hydrogens is 418 g/mol. The average molecular weight is 446 g/mol. The van der Waals surface area contributed by atoms with Gasteiger partial charge in [-0.3, -0.25) is 10.00 Å². The molecule has 33 heavy (non-hydrogen) atoms. The Labute approximate surface area is 193 Å².